The Balaban J connectivity index is 1.54. The van der Waals surface area contributed by atoms with Crippen LogP contribution in [0.5, 0.6) is 0 Å². The molecule has 2 aromatic heterocycles. The monoisotopic (exact) mass is 393 g/mol. The number of fused-ring (bicyclic) bond motifs is 1. The fourth-order valence-electron chi connectivity index (χ4n) is 2.36. The van der Waals surface area contributed by atoms with Gasteiger partial charge in [-0.05, 0) is 5.56 Å². The molecule has 0 radical (unpaired) electrons. The minimum absolute atomic E-state index is 0.00774. The van der Waals surface area contributed by atoms with Gasteiger partial charge >= 0.3 is 7.60 Å². The van der Waals surface area contributed by atoms with E-state index >= 15 is 0 Å². The third-order valence-electron chi connectivity index (χ3n) is 3.77. The number of aromatic amines is 1. The average molecular weight is 393 g/mol. The predicted octanol–water partition coefficient (Wildman–Crippen LogP) is 1.73. The molecular formula is C16H20N5O5P. The number of nitrogens with two attached hydrogens (primary N) is 1. The maximum Gasteiger partial charge on any atom is 0.356 e. The number of benzene rings is 1. The molecule has 0 aliphatic carbocycles. The molecule has 0 amide bonds. The first-order valence-corrected chi connectivity index (χ1v) is 9.85. The van der Waals surface area contributed by atoms with Crippen molar-refractivity contribution >= 4 is 24.7 Å². The smallest absolute Gasteiger partial charge is 0.356 e. The summed E-state index contributed by atoms with van der Waals surface area (Å²) in [6.45, 7) is 0.699. The van der Waals surface area contributed by atoms with Crippen LogP contribution < -0.4 is 11.3 Å². The van der Waals surface area contributed by atoms with Crippen molar-refractivity contribution in [1.29, 1.82) is 0 Å². The highest BCUT2D eigenvalue weighted by molar-refractivity contribution is 7.53. The van der Waals surface area contributed by atoms with Gasteiger partial charge in [0.1, 0.15) is 6.35 Å². The van der Waals surface area contributed by atoms with E-state index in [1.165, 1.54) is 13.4 Å². The Labute approximate surface area is 154 Å². The van der Waals surface area contributed by atoms with Gasteiger partial charge in [0, 0.05) is 13.7 Å². The lowest BCUT2D eigenvalue weighted by Crippen LogP contribution is -2.13. The van der Waals surface area contributed by atoms with E-state index in [4.69, 9.17) is 19.5 Å². The Morgan fingerprint density at radius 2 is 2.07 bits per heavy atom. The number of hydrogen-bond acceptors (Lipinski definition) is 8. The second kappa shape index (κ2) is 8.45. The Hall–Kier alpha value is -2.52. The first-order chi connectivity index (χ1) is 13.0. The molecule has 1 atom stereocenters. The zero-order valence-electron chi connectivity index (χ0n) is 14.7. The average Bonchev–Trinajstić information content (AvgIpc) is 3.08. The van der Waals surface area contributed by atoms with E-state index in [0.717, 1.165) is 5.56 Å². The Morgan fingerprint density at radius 1 is 1.30 bits per heavy atom. The van der Waals surface area contributed by atoms with Crippen molar-refractivity contribution in [2.45, 2.75) is 13.2 Å². The van der Waals surface area contributed by atoms with Crippen molar-refractivity contribution < 1.29 is 18.3 Å². The SMILES string of the molecule is COP(=O)(COCCn1cnc2c(=O)[nH]c(N)nc21)OCc1ccccc1. The van der Waals surface area contributed by atoms with Crippen LogP contribution >= 0.6 is 7.60 Å². The molecule has 0 aliphatic heterocycles. The van der Waals surface area contributed by atoms with Crippen LogP contribution in [0.4, 0.5) is 5.95 Å². The lowest BCUT2D eigenvalue weighted by Gasteiger charge is -2.16. The number of hydrogen-bond donors (Lipinski definition) is 2. The number of rotatable bonds is 9. The van der Waals surface area contributed by atoms with Gasteiger partial charge in [-0.25, -0.2) is 4.98 Å². The molecule has 1 unspecified atom stereocenters. The highest BCUT2D eigenvalue weighted by Crippen LogP contribution is 2.47. The van der Waals surface area contributed by atoms with Gasteiger partial charge in [0.25, 0.3) is 5.56 Å². The van der Waals surface area contributed by atoms with Gasteiger partial charge in [-0.15, -0.1) is 0 Å². The van der Waals surface area contributed by atoms with E-state index in [-0.39, 0.29) is 31.0 Å². The summed E-state index contributed by atoms with van der Waals surface area (Å²) in [5.41, 5.74) is 6.58. The Morgan fingerprint density at radius 3 is 2.81 bits per heavy atom. The zero-order valence-corrected chi connectivity index (χ0v) is 15.6. The maximum atomic E-state index is 12.6. The number of imidazole rings is 1. The topological polar surface area (TPSA) is 134 Å². The van der Waals surface area contributed by atoms with E-state index in [0.29, 0.717) is 12.2 Å². The minimum Gasteiger partial charge on any atom is -0.369 e. The second-order valence-electron chi connectivity index (χ2n) is 5.65. The highest BCUT2D eigenvalue weighted by atomic mass is 31.2. The summed E-state index contributed by atoms with van der Waals surface area (Å²) >= 11 is 0. The molecule has 0 fully saturated rings. The van der Waals surface area contributed by atoms with Crippen molar-refractivity contribution in [3.05, 3.63) is 52.6 Å². The molecule has 0 saturated heterocycles. The van der Waals surface area contributed by atoms with Crippen LogP contribution in [-0.4, -0.2) is 39.6 Å². The van der Waals surface area contributed by atoms with Crippen LogP contribution in [0.2, 0.25) is 0 Å². The number of nitrogen functional groups attached to an aromatic ring is 1. The summed E-state index contributed by atoms with van der Waals surface area (Å²) in [7, 11) is -2.06. The zero-order chi connectivity index (χ0) is 19.3. The fraction of sp³-hybridized carbons (Fsp3) is 0.312. The van der Waals surface area contributed by atoms with Gasteiger partial charge in [-0.1, -0.05) is 30.3 Å². The second-order valence-corrected chi connectivity index (χ2v) is 7.75. The first kappa shape index (κ1) is 19.2. The Bertz CT molecular complexity index is 1000. The van der Waals surface area contributed by atoms with E-state index in [2.05, 4.69) is 15.0 Å². The van der Waals surface area contributed by atoms with Crippen LogP contribution in [-0.2, 0) is 31.5 Å². The van der Waals surface area contributed by atoms with Crippen molar-refractivity contribution in [2.75, 3.05) is 25.8 Å². The van der Waals surface area contributed by atoms with Crippen LogP contribution in [0.1, 0.15) is 5.56 Å². The van der Waals surface area contributed by atoms with Gasteiger partial charge in [-0.3, -0.25) is 14.3 Å². The molecule has 144 valence electrons. The van der Waals surface area contributed by atoms with Crippen molar-refractivity contribution in [3.63, 3.8) is 0 Å². The van der Waals surface area contributed by atoms with Crippen molar-refractivity contribution in [2.24, 2.45) is 0 Å². The number of ether oxygens (including phenoxy) is 1. The number of H-pyrrole nitrogens is 1. The van der Waals surface area contributed by atoms with Crippen LogP contribution in [0.15, 0.2) is 41.5 Å². The van der Waals surface area contributed by atoms with E-state index in [9.17, 15) is 9.36 Å². The normalized spacial score (nSPS) is 13.7. The molecule has 11 heteroatoms. The third kappa shape index (κ3) is 4.81. The molecular weight excluding hydrogens is 373 g/mol. The predicted molar refractivity (Wildman–Crippen MR) is 99.2 cm³/mol. The minimum atomic E-state index is -3.37. The van der Waals surface area contributed by atoms with Crippen LogP contribution in [0.25, 0.3) is 11.2 Å². The molecule has 3 N–H and O–H groups in total. The standard InChI is InChI=1S/C16H20N5O5P/c1-24-27(23,26-9-12-5-3-2-4-6-12)11-25-8-7-21-10-18-13-14(21)19-16(17)20-15(13)22/h2-6,10H,7-9,11H2,1H3,(H3,17,19,20,22). The van der Waals surface area contributed by atoms with Crippen molar-refractivity contribution in [1.82, 2.24) is 19.5 Å². The summed E-state index contributed by atoms with van der Waals surface area (Å²) in [5, 5.41) is 0. The number of aromatic nitrogens is 4. The maximum absolute atomic E-state index is 12.6. The van der Waals surface area contributed by atoms with Gasteiger partial charge in [-0.2, -0.15) is 4.98 Å². The lowest BCUT2D eigenvalue weighted by molar-refractivity contribution is 0.129. The van der Waals surface area contributed by atoms with Gasteiger partial charge < -0.3 is 24.1 Å². The van der Waals surface area contributed by atoms with Crippen LogP contribution in [0, 0.1) is 0 Å². The fourth-order valence-corrected chi connectivity index (χ4v) is 3.35. The molecule has 1 aromatic carbocycles. The summed E-state index contributed by atoms with van der Waals surface area (Å²) in [6, 6.07) is 9.36. The van der Waals surface area contributed by atoms with Gasteiger partial charge in [0.2, 0.25) is 5.95 Å². The molecule has 0 spiro atoms. The van der Waals surface area contributed by atoms with E-state index in [1.54, 1.807) is 4.57 Å². The molecule has 3 rings (SSSR count). The van der Waals surface area contributed by atoms with Crippen LogP contribution in [0.3, 0.4) is 0 Å². The number of anilines is 1. The molecule has 27 heavy (non-hydrogen) atoms. The Kier molecular flexibility index (Phi) is 6.02. The number of nitrogens with zero attached hydrogens (tertiary/aromatic N) is 3. The molecule has 3 aromatic rings. The summed E-state index contributed by atoms with van der Waals surface area (Å²) in [5.74, 6) is 0.00774. The third-order valence-corrected chi connectivity index (χ3v) is 5.35. The van der Waals surface area contributed by atoms with Crippen molar-refractivity contribution in [3.8, 4) is 0 Å². The quantitative estimate of drug-likeness (QED) is 0.415. The molecule has 2 heterocycles. The lowest BCUT2D eigenvalue weighted by atomic mass is 10.2. The van der Waals surface area contributed by atoms with Gasteiger partial charge in [0.05, 0.1) is 19.5 Å². The summed E-state index contributed by atoms with van der Waals surface area (Å²) < 4.78 is 30.1. The molecule has 10 nitrogen and oxygen atoms in total. The molecule has 0 bridgehead atoms. The highest BCUT2D eigenvalue weighted by Gasteiger charge is 2.23. The van der Waals surface area contributed by atoms with E-state index < -0.39 is 13.2 Å². The van der Waals surface area contributed by atoms with Gasteiger partial charge in [0.15, 0.2) is 11.2 Å². The molecule has 0 saturated carbocycles. The van der Waals surface area contributed by atoms with E-state index in [1.807, 2.05) is 30.3 Å². The number of nitrogens with one attached hydrogen (secondary N) is 1. The first-order valence-electron chi connectivity index (χ1n) is 8.12. The largest absolute Gasteiger partial charge is 0.369 e. The summed E-state index contributed by atoms with van der Waals surface area (Å²) in [4.78, 5) is 22.2. The molecule has 0 aliphatic rings. The summed E-state index contributed by atoms with van der Waals surface area (Å²) in [6.07, 6.45) is 1.27.